The minimum Gasteiger partial charge on any atom is -0.489 e. The van der Waals surface area contributed by atoms with Crippen molar-refractivity contribution in [1.82, 2.24) is 0 Å². The Hall–Kier alpha value is -2.11. The van der Waals surface area contributed by atoms with E-state index in [0.717, 1.165) is 17.7 Å². The zero-order valence-electron chi connectivity index (χ0n) is 10.7. The van der Waals surface area contributed by atoms with Crippen molar-refractivity contribution < 1.29 is 26.7 Å². The molecule has 2 aromatic carbocycles. The van der Waals surface area contributed by atoms with Gasteiger partial charge in [-0.15, -0.1) is 0 Å². The number of rotatable bonds is 4. The third-order valence-corrected chi connectivity index (χ3v) is 2.82. The Morgan fingerprint density at radius 2 is 1.33 bits per heavy atom. The molecule has 2 aromatic rings. The Bertz CT molecular complexity index is 575. The molecular formula is C15H11F5O. The predicted octanol–water partition coefficient (Wildman–Crippen LogP) is 4.92. The van der Waals surface area contributed by atoms with E-state index in [1.54, 1.807) is 0 Å². The van der Waals surface area contributed by atoms with Crippen molar-refractivity contribution in [2.24, 2.45) is 0 Å². The maximum atomic E-state index is 13.1. The summed E-state index contributed by atoms with van der Waals surface area (Å²) >= 11 is 0. The molecule has 0 aliphatic heterocycles. The molecule has 1 nitrogen and oxygen atoms in total. The topological polar surface area (TPSA) is 9.23 Å². The Labute approximate surface area is 118 Å². The maximum absolute atomic E-state index is 13.1. The lowest BCUT2D eigenvalue weighted by molar-refractivity contribution is -0.289. The van der Waals surface area contributed by atoms with Crippen LogP contribution in [-0.2, 0) is 12.5 Å². The monoisotopic (exact) mass is 302 g/mol. The first kappa shape index (κ1) is 15.3. The van der Waals surface area contributed by atoms with Crippen LogP contribution in [0.5, 0.6) is 5.75 Å². The second-order valence-corrected chi connectivity index (χ2v) is 4.37. The van der Waals surface area contributed by atoms with E-state index in [4.69, 9.17) is 4.74 Å². The van der Waals surface area contributed by atoms with Crippen LogP contribution in [0.15, 0.2) is 54.6 Å². The minimum atomic E-state index is -5.61. The molecule has 0 heterocycles. The highest BCUT2D eigenvalue weighted by Crippen LogP contribution is 2.44. The Morgan fingerprint density at radius 1 is 0.762 bits per heavy atom. The lowest BCUT2D eigenvalue weighted by atomic mass is 10.1. The normalized spacial score (nSPS) is 12.2. The largest absolute Gasteiger partial charge is 0.489 e. The SMILES string of the molecule is FC(F)(F)C(F)(F)c1ccc(OCc2ccccc2)cc1. The van der Waals surface area contributed by atoms with E-state index < -0.39 is 17.7 Å². The van der Waals surface area contributed by atoms with Crippen LogP contribution < -0.4 is 4.74 Å². The molecule has 0 aliphatic carbocycles. The van der Waals surface area contributed by atoms with Crippen molar-refractivity contribution in [2.75, 3.05) is 0 Å². The number of ether oxygens (including phenoxy) is 1. The van der Waals surface area contributed by atoms with Crippen molar-refractivity contribution in [3.63, 3.8) is 0 Å². The molecule has 0 fully saturated rings. The van der Waals surface area contributed by atoms with Gasteiger partial charge in [0, 0.05) is 5.56 Å². The molecule has 0 saturated carbocycles. The van der Waals surface area contributed by atoms with Gasteiger partial charge in [-0.2, -0.15) is 22.0 Å². The quantitative estimate of drug-likeness (QED) is 0.728. The molecule has 0 unspecified atom stereocenters. The molecule has 21 heavy (non-hydrogen) atoms. The van der Waals surface area contributed by atoms with Gasteiger partial charge in [0.05, 0.1) is 0 Å². The first-order chi connectivity index (χ1) is 9.80. The summed E-state index contributed by atoms with van der Waals surface area (Å²) in [6.07, 6.45) is -5.61. The smallest absolute Gasteiger partial charge is 0.458 e. The number of hydrogen-bond donors (Lipinski definition) is 0. The summed E-state index contributed by atoms with van der Waals surface area (Å²) < 4.78 is 68.1. The average Bonchev–Trinajstić information content (AvgIpc) is 2.45. The Morgan fingerprint density at radius 3 is 1.86 bits per heavy atom. The van der Waals surface area contributed by atoms with E-state index in [1.165, 1.54) is 0 Å². The fourth-order valence-electron chi connectivity index (χ4n) is 1.67. The second kappa shape index (κ2) is 5.71. The van der Waals surface area contributed by atoms with E-state index in [1.807, 2.05) is 30.3 Å². The molecule has 0 atom stereocenters. The number of hydrogen-bond acceptors (Lipinski definition) is 1. The average molecular weight is 302 g/mol. The van der Waals surface area contributed by atoms with Crippen LogP contribution in [0.3, 0.4) is 0 Å². The lowest BCUT2D eigenvalue weighted by Crippen LogP contribution is -2.33. The van der Waals surface area contributed by atoms with Gasteiger partial charge in [-0.3, -0.25) is 0 Å². The van der Waals surface area contributed by atoms with Crippen LogP contribution >= 0.6 is 0 Å². The Balaban J connectivity index is 2.06. The van der Waals surface area contributed by atoms with Crippen LogP contribution in [0.4, 0.5) is 22.0 Å². The third-order valence-electron chi connectivity index (χ3n) is 2.82. The third kappa shape index (κ3) is 3.51. The summed E-state index contributed by atoms with van der Waals surface area (Å²) in [7, 11) is 0. The van der Waals surface area contributed by atoms with Crippen molar-refractivity contribution in [3.8, 4) is 5.75 Å². The molecule has 0 spiro atoms. The van der Waals surface area contributed by atoms with Gasteiger partial charge in [-0.25, -0.2) is 0 Å². The highest BCUT2D eigenvalue weighted by molar-refractivity contribution is 5.31. The van der Waals surface area contributed by atoms with Crippen LogP contribution in [0.1, 0.15) is 11.1 Å². The van der Waals surface area contributed by atoms with Crippen molar-refractivity contribution in [1.29, 1.82) is 0 Å². The molecule has 0 N–H and O–H groups in total. The maximum Gasteiger partial charge on any atom is 0.458 e. The fourth-order valence-corrected chi connectivity index (χ4v) is 1.67. The summed E-state index contributed by atoms with van der Waals surface area (Å²) in [6, 6.07) is 12.7. The van der Waals surface area contributed by atoms with Crippen molar-refractivity contribution in [3.05, 3.63) is 65.7 Å². The van der Waals surface area contributed by atoms with Gasteiger partial charge in [0.1, 0.15) is 12.4 Å². The van der Waals surface area contributed by atoms with E-state index in [9.17, 15) is 22.0 Å². The van der Waals surface area contributed by atoms with Gasteiger partial charge < -0.3 is 4.74 Å². The van der Waals surface area contributed by atoms with Crippen LogP contribution in [-0.4, -0.2) is 6.18 Å². The van der Waals surface area contributed by atoms with Gasteiger partial charge in [-0.1, -0.05) is 30.3 Å². The van der Waals surface area contributed by atoms with Gasteiger partial charge >= 0.3 is 12.1 Å². The van der Waals surface area contributed by atoms with Crippen LogP contribution in [0.25, 0.3) is 0 Å². The lowest BCUT2D eigenvalue weighted by Gasteiger charge is -2.20. The summed E-state index contributed by atoms with van der Waals surface area (Å²) in [5.74, 6) is -4.65. The van der Waals surface area contributed by atoms with Crippen LogP contribution in [0, 0.1) is 0 Å². The molecule has 2 rings (SSSR count). The molecule has 0 amide bonds. The minimum absolute atomic E-state index is 0.204. The van der Waals surface area contributed by atoms with E-state index >= 15 is 0 Å². The van der Waals surface area contributed by atoms with Gasteiger partial charge in [0.2, 0.25) is 0 Å². The molecule has 0 saturated heterocycles. The summed E-state index contributed by atoms with van der Waals surface area (Å²) in [4.78, 5) is 0. The highest BCUT2D eigenvalue weighted by atomic mass is 19.4. The second-order valence-electron chi connectivity index (χ2n) is 4.37. The summed E-state index contributed by atoms with van der Waals surface area (Å²) in [5.41, 5.74) is -0.246. The van der Waals surface area contributed by atoms with Gasteiger partial charge in [0.25, 0.3) is 0 Å². The zero-order valence-corrected chi connectivity index (χ0v) is 10.7. The molecule has 0 radical (unpaired) electrons. The molecule has 0 aromatic heterocycles. The van der Waals surface area contributed by atoms with Gasteiger partial charge in [-0.05, 0) is 29.8 Å². The van der Waals surface area contributed by atoms with E-state index in [2.05, 4.69) is 0 Å². The highest BCUT2D eigenvalue weighted by Gasteiger charge is 2.58. The number of benzene rings is 2. The number of halogens is 5. The molecular weight excluding hydrogens is 291 g/mol. The fraction of sp³-hybridized carbons (Fsp3) is 0.200. The van der Waals surface area contributed by atoms with Crippen molar-refractivity contribution in [2.45, 2.75) is 18.7 Å². The van der Waals surface area contributed by atoms with E-state index in [-0.39, 0.29) is 12.4 Å². The molecule has 6 heteroatoms. The number of alkyl halides is 5. The summed E-state index contributed by atoms with van der Waals surface area (Å²) in [5, 5.41) is 0. The van der Waals surface area contributed by atoms with Crippen LogP contribution in [0.2, 0.25) is 0 Å². The molecule has 0 aliphatic rings. The van der Waals surface area contributed by atoms with Gasteiger partial charge in [0.15, 0.2) is 0 Å². The summed E-state index contributed by atoms with van der Waals surface area (Å²) in [6.45, 7) is 0.204. The first-order valence-corrected chi connectivity index (χ1v) is 6.02. The zero-order chi connectivity index (χ0) is 15.5. The van der Waals surface area contributed by atoms with E-state index in [0.29, 0.717) is 12.1 Å². The first-order valence-electron chi connectivity index (χ1n) is 6.02. The van der Waals surface area contributed by atoms with Crippen molar-refractivity contribution >= 4 is 0 Å². The Kier molecular flexibility index (Phi) is 4.16. The standard InChI is InChI=1S/C15H11F5O/c16-14(17,15(18,19)20)12-6-8-13(9-7-12)21-10-11-4-2-1-3-5-11/h1-9H,10H2. The molecule has 0 bridgehead atoms. The molecule has 112 valence electrons. The predicted molar refractivity (Wildman–Crippen MR) is 67.2 cm³/mol.